The van der Waals surface area contributed by atoms with Gasteiger partial charge in [-0.2, -0.15) is 0 Å². The summed E-state index contributed by atoms with van der Waals surface area (Å²) in [6, 6.07) is -0.476. The topological polar surface area (TPSA) is 113 Å². The molecule has 0 spiro atoms. The van der Waals surface area contributed by atoms with Gasteiger partial charge in [0.2, 0.25) is 5.91 Å². The zero-order valence-electron chi connectivity index (χ0n) is 11.7. The molecular formula is C12H23N3O4. The van der Waals surface area contributed by atoms with Crippen molar-refractivity contribution in [1.29, 1.82) is 0 Å². The Labute approximate surface area is 113 Å². The number of primary amides is 1. The average molecular weight is 273 g/mol. The van der Waals surface area contributed by atoms with Gasteiger partial charge in [-0.1, -0.05) is 13.8 Å². The van der Waals surface area contributed by atoms with Gasteiger partial charge >= 0.3 is 12.0 Å². The fourth-order valence-corrected chi connectivity index (χ4v) is 1.68. The maximum atomic E-state index is 11.7. The Bertz CT molecular complexity index is 331. The number of nitrogens with one attached hydrogen (secondary N) is 1. The maximum absolute atomic E-state index is 11.7. The maximum Gasteiger partial charge on any atom is 0.317 e. The van der Waals surface area contributed by atoms with Gasteiger partial charge < -0.3 is 21.1 Å². The molecule has 7 nitrogen and oxygen atoms in total. The summed E-state index contributed by atoms with van der Waals surface area (Å²) in [5.41, 5.74) is 5.02. The Kier molecular flexibility index (Phi) is 7.55. The molecule has 0 bridgehead atoms. The molecule has 0 aliphatic carbocycles. The highest BCUT2D eigenvalue weighted by atomic mass is 16.4. The summed E-state index contributed by atoms with van der Waals surface area (Å²) in [4.78, 5) is 34.8. The van der Waals surface area contributed by atoms with E-state index in [9.17, 15) is 14.4 Å². The number of likely N-dealkylation sites (N-methyl/N-ethyl adjacent to an activating group) is 1. The molecule has 0 aromatic rings. The average Bonchev–Trinajstić information content (AvgIpc) is 2.29. The van der Waals surface area contributed by atoms with Crippen molar-refractivity contribution >= 4 is 17.9 Å². The van der Waals surface area contributed by atoms with Crippen molar-refractivity contribution in [2.24, 2.45) is 17.6 Å². The normalized spacial score (nSPS) is 12.0. The first kappa shape index (κ1) is 17.2. The second kappa shape index (κ2) is 8.34. The predicted octanol–water partition coefficient (Wildman–Crippen LogP) is 0.250. The van der Waals surface area contributed by atoms with Crippen molar-refractivity contribution in [2.45, 2.75) is 27.2 Å². The Hall–Kier alpha value is -1.79. The number of carboxylic acid groups (broad SMARTS) is 1. The first-order valence-electron chi connectivity index (χ1n) is 6.31. The number of carbonyl (C=O) groups excluding carboxylic acids is 2. The number of carbonyl (C=O) groups is 3. The van der Waals surface area contributed by atoms with Crippen LogP contribution in [0, 0.1) is 11.8 Å². The van der Waals surface area contributed by atoms with Gasteiger partial charge in [0, 0.05) is 13.1 Å². The van der Waals surface area contributed by atoms with Gasteiger partial charge in [-0.15, -0.1) is 0 Å². The lowest BCUT2D eigenvalue weighted by Crippen LogP contribution is -2.46. The summed E-state index contributed by atoms with van der Waals surface area (Å²) in [7, 11) is 0. The molecule has 0 aliphatic rings. The molecule has 1 unspecified atom stereocenters. The van der Waals surface area contributed by atoms with E-state index >= 15 is 0 Å². The number of hydrogen-bond acceptors (Lipinski definition) is 3. The van der Waals surface area contributed by atoms with Crippen LogP contribution >= 0.6 is 0 Å². The van der Waals surface area contributed by atoms with E-state index in [2.05, 4.69) is 5.32 Å². The summed E-state index contributed by atoms with van der Waals surface area (Å²) >= 11 is 0. The highest BCUT2D eigenvalue weighted by Crippen LogP contribution is 2.11. The Morgan fingerprint density at radius 2 is 1.89 bits per heavy atom. The van der Waals surface area contributed by atoms with Gasteiger partial charge in [-0.3, -0.25) is 9.59 Å². The molecular weight excluding hydrogens is 250 g/mol. The van der Waals surface area contributed by atoms with E-state index in [1.54, 1.807) is 6.92 Å². The molecule has 110 valence electrons. The molecule has 19 heavy (non-hydrogen) atoms. The van der Waals surface area contributed by atoms with E-state index in [0.29, 0.717) is 13.0 Å². The van der Waals surface area contributed by atoms with Gasteiger partial charge in [0.1, 0.15) is 6.54 Å². The number of carboxylic acids is 1. The Morgan fingerprint density at radius 1 is 1.32 bits per heavy atom. The van der Waals surface area contributed by atoms with E-state index in [1.165, 1.54) is 4.90 Å². The largest absolute Gasteiger partial charge is 0.481 e. The van der Waals surface area contributed by atoms with Gasteiger partial charge in [0.05, 0.1) is 5.92 Å². The number of nitrogens with two attached hydrogens (primary N) is 1. The molecule has 0 saturated heterocycles. The van der Waals surface area contributed by atoms with Crippen LogP contribution in [0.2, 0.25) is 0 Å². The van der Waals surface area contributed by atoms with Crippen LogP contribution in [0.15, 0.2) is 0 Å². The van der Waals surface area contributed by atoms with Crippen LogP contribution in [0.3, 0.4) is 0 Å². The zero-order chi connectivity index (χ0) is 15.0. The molecule has 0 aromatic carbocycles. The number of rotatable bonds is 8. The van der Waals surface area contributed by atoms with Crippen molar-refractivity contribution in [3.63, 3.8) is 0 Å². The second-order valence-electron chi connectivity index (χ2n) is 4.83. The molecule has 0 saturated carbocycles. The fraction of sp³-hybridized carbons (Fsp3) is 0.750. The summed E-state index contributed by atoms with van der Waals surface area (Å²) in [6.07, 6.45) is 0.484. The van der Waals surface area contributed by atoms with E-state index in [0.717, 1.165) is 0 Å². The monoisotopic (exact) mass is 273 g/mol. The van der Waals surface area contributed by atoms with E-state index in [-0.39, 0.29) is 19.0 Å². The third-order valence-corrected chi connectivity index (χ3v) is 2.62. The van der Waals surface area contributed by atoms with Crippen LogP contribution in [0.25, 0.3) is 0 Å². The van der Waals surface area contributed by atoms with E-state index in [4.69, 9.17) is 10.8 Å². The lowest BCUT2D eigenvalue weighted by molar-refractivity contribution is -0.142. The summed E-state index contributed by atoms with van der Waals surface area (Å²) in [6.45, 7) is 5.75. The minimum atomic E-state index is -0.938. The van der Waals surface area contributed by atoms with Crippen molar-refractivity contribution in [1.82, 2.24) is 10.2 Å². The third-order valence-electron chi connectivity index (χ3n) is 2.62. The number of aliphatic carboxylic acids is 1. The molecule has 0 radical (unpaired) electrons. The molecule has 3 amide bonds. The van der Waals surface area contributed by atoms with Gasteiger partial charge in [0.15, 0.2) is 0 Å². The standard InChI is InChI=1S/C12H23N3O4/c1-4-15(7-10(13)16)12(19)14-6-9(11(17)18)5-8(2)3/h8-9H,4-7H2,1-3H3,(H2,13,16)(H,14,19)(H,17,18). The van der Waals surface area contributed by atoms with Crippen molar-refractivity contribution in [3.8, 4) is 0 Å². The lowest BCUT2D eigenvalue weighted by Gasteiger charge is -2.21. The minimum Gasteiger partial charge on any atom is -0.481 e. The van der Waals surface area contributed by atoms with E-state index < -0.39 is 23.8 Å². The molecule has 7 heteroatoms. The van der Waals surface area contributed by atoms with Crippen LogP contribution in [0.1, 0.15) is 27.2 Å². The predicted molar refractivity (Wildman–Crippen MR) is 70.4 cm³/mol. The van der Waals surface area contributed by atoms with Crippen LogP contribution in [-0.2, 0) is 9.59 Å². The molecule has 0 heterocycles. The van der Waals surface area contributed by atoms with Crippen LogP contribution in [0.4, 0.5) is 4.79 Å². The van der Waals surface area contributed by atoms with Crippen molar-refractivity contribution in [3.05, 3.63) is 0 Å². The van der Waals surface area contributed by atoms with Crippen LogP contribution in [-0.4, -0.2) is 47.5 Å². The second-order valence-corrected chi connectivity index (χ2v) is 4.83. The smallest absolute Gasteiger partial charge is 0.317 e. The number of nitrogens with zero attached hydrogens (tertiary/aromatic N) is 1. The minimum absolute atomic E-state index is 0.0433. The number of hydrogen-bond donors (Lipinski definition) is 3. The quantitative estimate of drug-likeness (QED) is 0.588. The molecule has 0 aliphatic heterocycles. The molecule has 0 fully saturated rings. The summed E-state index contributed by atoms with van der Waals surface area (Å²) in [5.74, 6) is -1.94. The summed E-state index contributed by atoms with van der Waals surface area (Å²) in [5, 5.41) is 11.6. The van der Waals surface area contributed by atoms with Crippen molar-refractivity contribution in [2.75, 3.05) is 19.6 Å². The lowest BCUT2D eigenvalue weighted by atomic mass is 9.97. The molecule has 1 atom stereocenters. The first-order chi connectivity index (χ1) is 8.77. The fourth-order valence-electron chi connectivity index (χ4n) is 1.68. The Morgan fingerprint density at radius 3 is 2.26 bits per heavy atom. The zero-order valence-corrected chi connectivity index (χ0v) is 11.7. The number of amides is 3. The molecule has 4 N–H and O–H groups in total. The van der Waals surface area contributed by atoms with E-state index in [1.807, 2.05) is 13.8 Å². The van der Waals surface area contributed by atoms with Gasteiger partial charge in [-0.05, 0) is 19.3 Å². The van der Waals surface area contributed by atoms with Crippen molar-refractivity contribution < 1.29 is 19.5 Å². The first-order valence-corrected chi connectivity index (χ1v) is 6.31. The van der Waals surface area contributed by atoms with Gasteiger partial charge in [-0.25, -0.2) is 4.79 Å². The van der Waals surface area contributed by atoms with Crippen LogP contribution in [0.5, 0.6) is 0 Å². The Balaban J connectivity index is 4.37. The molecule has 0 rings (SSSR count). The number of urea groups is 1. The van der Waals surface area contributed by atoms with Crippen LogP contribution < -0.4 is 11.1 Å². The highest BCUT2D eigenvalue weighted by molar-refractivity contribution is 5.83. The SMILES string of the molecule is CCN(CC(N)=O)C(=O)NCC(CC(C)C)C(=O)O. The van der Waals surface area contributed by atoms with Gasteiger partial charge in [0.25, 0.3) is 0 Å². The molecule has 0 aromatic heterocycles. The highest BCUT2D eigenvalue weighted by Gasteiger charge is 2.21. The third kappa shape index (κ3) is 7.28. The summed E-state index contributed by atoms with van der Waals surface area (Å²) < 4.78 is 0.